The standard InChI is InChI=1S/C20H19N3O2/c1-14(21-20(25)18-11-12-19(24)23-22-18)13-15-7-9-17(10-8-15)16-5-3-2-4-6-16/h2-12,14H,13H2,1H3,(H,21,25)(H,23,24). The predicted octanol–water partition coefficient (Wildman–Crippen LogP) is 2.80. The molecule has 1 amide bonds. The Balaban J connectivity index is 1.61. The quantitative estimate of drug-likeness (QED) is 0.754. The van der Waals surface area contributed by atoms with Crippen LogP contribution in [0.25, 0.3) is 11.1 Å². The van der Waals surface area contributed by atoms with Crippen LogP contribution in [0.4, 0.5) is 0 Å². The Labute approximate surface area is 145 Å². The van der Waals surface area contributed by atoms with E-state index in [1.807, 2.05) is 25.1 Å². The lowest BCUT2D eigenvalue weighted by Gasteiger charge is -2.14. The molecule has 3 aromatic rings. The third-order valence-corrected chi connectivity index (χ3v) is 3.89. The molecule has 3 rings (SSSR count). The van der Waals surface area contributed by atoms with Gasteiger partial charge in [-0.1, -0.05) is 54.6 Å². The summed E-state index contributed by atoms with van der Waals surface area (Å²) in [6, 6.07) is 21.2. The van der Waals surface area contributed by atoms with E-state index in [4.69, 9.17) is 0 Å². The van der Waals surface area contributed by atoms with Crippen LogP contribution < -0.4 is 10.9 Å². The van der Waals surface area contributed by atoms with Crippen molar-refractivity contribution in [3.8, 4) is 11.1 Å². The number of carbonyl (C=O) groups excluding carboxylic acids is 1. The molecule has 1 atom stereocenters. The van der Waals surface area contributed by atoms with Gasteiger partial charge >= 0.3 is 0 Å². The van der Waals surface area contributed by atoms with Gasteiger partial charge in [-0.15, -0.1) is 0 Å². The highest BCUT2D eigenvalue weighted by Crippen LogP contribution is 2.19. The van der Waals surface area contributed by atoms with Gasteiger partial charge in [0, 0.05) is 12.1 Å². The Hall–Kier alpha value is -3.21. The van der Waals surface area contributed by atoms with Gasteiger partial charge in [0.15, 0.2) is 0 Å². The molecule has 2 N–H and O–H groups in total. The molecule has 0 aliphatic rings. The Kier molecular flexibility index (Phi) is 5.04. The van der Waals surface area contributed by atoms with E-state index in [0.717, 1.165) is 5.56 Å². The van der Waals surface area contributed by atoms with Crippen LogP contribution in [0.2, 0.25) is 0 Å². The van der Waals surface area contributed by atoms with Gasteiger partial charge < -0.3 is 5.32 Å². The Morgan fingerprint density at radius 3 is 2.32 bits per heavy atom. The van der Waals surface area contributed by atoms with Crippen LogP contribution in [-0.2, 0) is 6.42 Å². The van der Waals surface area contributed by atoms with Gasteiger partial charge in [-0.2, -0.15) is 5.10 Å². The monoisotopic (exact) mass is 333 g/mol. The van der Waals surface area contributed by atoms with Gasteiger partial charge in [0.25, 0.3) is 11.5 Å². The van der Waals surface area contributed by atoms with Crippen LogP contribution in [0.1, 0.15) is 23.0 Å². The maximum Gasteiger partial charge on any atom is 0.271 e. The van der Waals surface area contributed by atoms with E-state index < -0.39 is 0 Å². The summed E-state index contributed by atoms with van der Waals surface area (Å²) in [6.07, 6.45) is 0.712. The zero-order chi connectivity index (χ0) is 17.6. The largest absolute Gasteiger partial charge is 0.348 e. The minimum absolute atomic E-state index is 0.0520. The molecule has 0 saturated heterocycles. The van der Waals surface area contributed by atoms with Crippen molar-refractivity contribution < 1.29 is 4.79 Å². The lowest BCUT2D eigenvalue weighted by Crippen LogP contribution is -2.35. The first-order chi connectivity index (χ1) is 12.1. The number of hydrogen-bond donors (Lipinski definition) is 2. The first-order valence-corrected chi connectivity index (χ1v) is 8.13. The fraction of sp³-hybridized carbons (Fsp3) is 0.150. The molecule has 0 fully saturated rings. The summed E-state index contributed by atoms with van der Waals surface area (Å²) in [4.78, 5) is 23.1. The van der Waals surface area contributed by atoms with E-state index in [0.29, 0.717) is 6.42 Å². The fourth-order valence-electron chi connectivity index (χ4n) is 2.64. The van der Waals surface area contributed by atoms with Gasteiger partial charge in [0.05, 0.1) is 0 Å². The first kappa shape index (κ1) is 16.6. The molecule has 1 aromatic heterocycles. The normalized spacial score (nSPS) is 11.7. The van der Waals surface area contributed by atoms with E-state index in [1.165, 1.54) is 23.3 Å². The molecule has 0 aliphatic carbocycles. The molecule has 5 heteroatoms. The van der Waals surface area contributed by atoms with Crippen molar-refractivity contribution in [1.29, 1.82) is 0 Å². The zero-order valence-corrected chi connectivity index (χ0v) is 13.9. The average molecular weight is 333 g/mol. The Morgan fingerprint density at radius 1 is 1.00 bits per heavy atom. The van der Waals surface area contributed by atoms with Crippen molar-refractivity contribution in [2.24, 2.45) is 0 Å². The van der Waals surface area contributed by atoms with Crippen LogP contribution in [0.5, 0.6) is 0 Å². The second-order valence-electron chi connectivity index (χ2n) is 5.95. The highest BCUT2D eigenvalue weighted by molar-refractivity contribution is 5.92. The molecule has 1 unspecified atom stereocenters. The SMILES string of the molecule is CC(Cc1ccc(-c2ccccc2)cc1)NC(=O)c1ccc(=O)[nH]n1. The molecule has 2 aromatic carbocycles. The summed E-state index contributed by atoms with van der Waals surface area (Å²) in [6.45, 7) is 1.94. The summed E-state index contributed by atoms with van der Waals surface area (Å²) < 4.78 is 0. The average Bonchev–Trinajstić information content (AvgIpc) is 2.63. The van der Waals surface area contributed by atoms with Crippen molar-refractivity contribution in [3.63, 3.8) is 0 Å². The minimum Gasteiger partial charge on any atom is -0.348 e. The number of aromatic amines is 1. The van der Waals surface area contributed by atoms with Crippen molar-refractivity contribution in [1.82, 2.24) is 15.5 Å². The van der Waals surface area contributed by atoms with E-state index >= 15 is 0 Å². The molecule has 0 spiro atoms. The highest BCUT2D eigenvalue weighted by atomic mass is 16.2. The van der Waals surface area contributed by atoms with Crippen molar-refractivity contribution in [2.75, 3.05) is 0 Å². The molecule has 5 nitrogen and oxygen atoms in total. The molecule has 0 aliphatic heterocycles. The van der Waals surface area contributed by atoms with Gasteiger partial charge in [-0.05, 0) is 36.1 Å². The lowest BCUT2D eigenvalue weighted by molar-refractivity contribution is 0.0934. The van der Waals surface area contributed by atoms with Crippen molar-refractivity contribution in [3.05, 3.63) is 88.3 Å². The minimum atomic E-state index is -0.330. The molecule has 126 valence electrons. The van der Waals surface area contributed by atoms with E-state index in [1.54, 1.807) is 0 Å². The van der Waals surface area contributed by atoms with Crippen LogP contribution in [0.3, 0.4) is 0 Å². The molecule has 25 heavy (non-hydrogen) atoms. The molecular formula is C20H19N3O2. The van der Waals surface area contributed by atoms with E-state index in [-0.39, 0.29) is 23.2 Å². The third-order valence-electron chi connectivity index (χ3n) is 3.89. The number of rotatable bonds is 5. The van der Waals surface area contributed by atoms with Crippen LogP contribution in [0, 0.1) is 0 Å². The first-order valence-electron chi connectivity index (χ1n) is 8.13. The van der Waals surface area contributed by atoms with Crippen LogP contribution in [-0.4, -0.2) is 22.1 Å². The van der Waals surface area contributed by atoms with Crippen molar-refractivity contribution in [2.45, 2.75) is 19.4 Å². The van der Waals surface area contributed by atoms with Gasteiger partial charge in [0.1, 0.15) is 5.69 Å². The number of nitrogens with zero attached hydrogens (tertiary/aromatic N) is 1. The maximum absolute atomic E-state index is 12.1. The van der Waals surface area contributed by atoms with Crippen LogP contribution >= 0.6 is 0 Å². The van der Waals surface area contributed by atoms with E-state index in [2.05, 4.69) is 51.9 Å². The second-order valence-corrected chi connectivity index (χ2v) is 5.95. The second kappa shape index (κ2) is 7.57. The maximum atomic E-state index is 12.1. The Morgan fingerprint density at radius 2 is 1.68 bits per heavy atom. The number of hydrogen-bond acceptors (Lipinski definition) is 3. The summed E-state index contributed by atoms with van der Waals surface area (Å²) in [7, 11) is 0. The van der Waals surface area contributed by atoms with Gasteiger partial charge in [-0.3, -0.25) is 9.59 Å². The van der Waals surface area contributed by atoms with Gasteiger partial charge in [-0.25, -0.2) is 5.10 Å². The smallest absolute Gasteiger partial charge is 0.271 e. The predicted molar refractivity (Wildman–Crippen MR) is 97.4 cm³/mol. The number of amides is 1. The number of H-pyrrole nitrogens is 1. The zero-order valence-electron chi connectivity index (χ0n) is 13.9. The van der Waals surface area contributed by atoms with Gasteiger partial charge in [0.2, 0.25) is 0 Å². The summed E-state index contributed by atoms with van der Waals surface area (Å²) in [5.74, 6) is -0.301. The molecule has 1 heterocycles. The molecule has 0 radical (unpaired) electrons. The summed E-state index contributed by atoms with van der Waals surface area (Å²) in [5, 5.41) is 8.88. The van der Waals surface area contributed by atoms with Crippen molar-refractivity contribution >= 4 is 5.91 Å². The summed E-state index contributed by atoms with van der Waals surface area (Å²) in [5.41, 5.74) is 3.36. The van der Waals surface area contributed by atoms with Crippen LogP contribution in [0.15, 0.2) is 71.5 Å². The number of aromatic nitrogens is 2. The third kappa shape index (κ3) is 4.41. The number of carbonyl (C=O) groups is 1. The molecule has 0 saturated carbocycles. The van der Waals surface area contributed by atoms with E-state index in [9.17, 15) is 9.59 Å². The topological polar surface area (TPSA) is 74.8 Å². The lowest BCUT2D eigenvalue weighted by atomic mass is 10.0. The summed E-state index contributed by atoms with van der Waals surface area (Å²) >= 11 is 0. The number of nitrogens with one attached hydrogen (secondary N) is 2. The molecule has 0 bridgehead atoms. The highest BCUT2D eigenvalue weighted by Gasteiger charge is 2.11. The fourth-order valence-corrected chi connectivity index (χ4v) is 2.64. The Bertz CT molecular complexity index is 882. The molecular weight excluding hydrogens is 314 g/mol. The number of benzene rings is 2.